The van der Waals surface area contributed by atoms with Gasteiger partial charge < -0.3 is 5.21 Å². The van der Waals surface area contributed by atoms with Crippen molar-refractivity contribution in [2.75, 3.05) is 0 Å². The van der Waals surface area contributed by atoms with Gasteiger partial charge in [0, 0.05) is 0 Å². The third-order valence-corrected chi connectivity index (χ3v) is 1.37. The van der Waals surface area contributed by atoms with Crippen LogP contribution in [0.4, 0.5) is 0 Å². The average molecular weight is 169 g/mol. The van der Waals surface area contributed by atoms with Crippen molar-refractivity contribution in [3.63, 3.8) is 0 Å². The van der Waals surface area contributed by atoms with Crippen LogP contribution < -0.4 is 0 Å². The number of benzene rings is 1. The average Bonchev–Trinajstić information content (AvgIpc) is 2.06. The minimum atomic E-state index is 0.0798. The molecular formula is C8H7ClNO. The summed E-state index contributed by atoms with van der Waals surface area (Å²) in [5.41, 5.74) is 0.912. The van der Waals surface area contributed by atoms with Crippen molar-refractivity contribution in [1.29, 1.82) is 0 Å². The largest absolute Gasteiger partial charge is 0.410 e. The number of rotatable bonds is 2. The molecule has 1 rings (SSSR count). The van der Waals surface area contributed by atoms with E-state index in [9.17, 15) is 0 Å². The molecular weight excluding hydrogens is 162 g/mol. The smallest absolute Gasteiger partial charge is 0.153 e. The molecule has 0 bridgehead atoms. The van der Waals surface area contributed by atoms with Crippen LogP contribution in [0.25, 0.3) is 0 Å². The first kappa shape index (κ1) is 8.08. The zero-order valence-corrected chi connectivity index (χ0v) is 6.49. The summed E-state index contributed by atoms with van der Waals surface area (Å²) in [5.74, 6) is 0. The second-order valence-electron chi connectivity index (χ2n) is 1.98. The maximum Gasteiger partial charge on any atom is 0.153 e. The van der Waals surface area contributed by atoms with Crippen LogP contribution in [0.2, 0.25) is 0 Å². The Morgan fingerprint density at radius 3 is 2.55 bits per heavy atom. The van der Waals surface area contributed by atoms with Gasteiger partial charge in [0.05, 0.1) is 6.42 Å². The minimum Gasteiger partial charge on any atom is -0.410 e. The molecule has 0 aromatic heterocycles. The van der Waals surface area contributed by atoms with E-state index in [0.717, 1.165) is 5.56 Å². The van der Waals surface area contributed by atoms with Gasteiger partial charge in [0.25, 0.3) is 0 Å². The fourth-order valence-electron chi connectivity index (χ4n) is 0.716. The van der Waals surface area contributed by atoms with Gasteiger partial charge in [0.1, 0.15) is 0 Å². The lowest BCUT2D eigenvalue weighted by Crippen LogP contribution is -1.89. The summed E-state index contributed by atoms with van der Waals surface area (Å²) in [7, 11) is 0. The Morgan fingerprint density at radius 2 is 2.00 bits per heavy atom. The van der Waals surface area contributed by atoms with Crippen molar-refractivity contribution >= 4 is 16.8 Å². The molecule has 0 unspecified atom stereocenters. The molecule has 57 valence electrons. The molecule has 1 aromatic carbocycles. The predicted octanol–water partition coefficient (Wildman–Crippen LogP) is 2.27. The van der Waals surface area contributed by atoms with E-state index in [2.05, 4.69) is 5.16 Å². The summed E-state index contributed by atoms with van der Waals surface area (Å²) in [6, 6.07) is 9.41. The van der Waals surface area contributed by atoms with E-state index in [1.165, 1.54) is 0 Å². The van der Waals surface area contributed by atoms with Crippen LogP contribution in [0.5, 0.6) is 0 Å². The van der Waals surface area contributed by atoms with Crippen LogP contribution in [-0.4, -0.2) is 10.4 Å². The zero-order chi connectivity index (χ0) is 8.10. The van der Waals surface area contributed by atoms with Crippen molar-refractivity contribution in [2.45, 2.75) is 0 Å². The number of halogens is 1. The van der Waals surface area contributed by atoms with Crippen LogP contribution in [0.3, 0.4) is 0 Å². The van der Waals surface area contributed by atoms with Gasteiger partial charge in [-0.25, -0.2) is 0 Å². The molecule has 1 N–H and O–H groups in total. The third kappa shape index (κ3) is 2.60. The number of hydrogen-bond donors (Lipinski definition) is 1. The van der Waals surface area contributed by atoms with E-state index in [0.29, 0.717) is 0 Å². The first-order chi connectivity index (χ1) is 5.33. The summed E-state index contributed by atoms with van der Waals surface area (Å²) in [4.78, 5) is 0. The molecule has 0 atom stereocenters. The van der Waals surface area contributed by atoms with Gasteiger partial charge in [-0.05, 0) is 5.56 Å². The first-order valence-electron chi connectivity index (χ1n) is 3.10. The second kappa shape index (κ2) is 3.98. The van der Waals surface area contributed by atoms with E-state index in [1.807, 2.05) is 30.3 Å². The molecule has 0 heterocycles. The Kier molecular flexibility index (Phi) is 2.93. The standard InChI is InChI=1S/C8H7ClNO/c9-8(10-11)6-7-4-2-1-3-5-7/h1-6,11H. The van der Waals surface area contributed by atoms with Gasteiger partial charge in [0.2, 0.25) is 0 Å². The molecule has 1 aromatic rings. The van der Waals surface area contributed by atoms with Crippen LogP contribution in [0, 0.1) is 6.42 Å². The molecule has 0 saturated heterocycles. The molecule has 0 saturated carbocycles. The van der Waals surface area contributed by atoms with Gasteiger partial charge in [0.15, 0.2) is 5.17 Å². The fraction of sp³-hybridized carbons (Fsp3) is 0. The topological polar surface area (TPSA) is 32.6 Å². The maximum atomic E-state index is 8.22. The van der Waals surface area contributed by atoms with Crippen molar-refractivity contribution in [1.82, 2.24) is 0 Å². The second-order valence-corrected chi connectivity index (χ2v) is 2.36. The Bertz CT molecular complexity index is 246. The molecule has 0 aliphatic carbocycles. The van der Waals surface area contributed by atoms with Crippen LogP contribution in [-0.2, 0) is 0 Å². The normalized spacial score (nSPS) is 11.5. The Balaban J connectivity index is 2.65. The van der Waals surface area contributed by atoms with E-state index in [-0.39, 0.29) is 5.17 Å². The molecule has 0 spiro atoms. The van der Waals surface area contributed by atoms with Crippen LogP contribution in [0.1, 0.15) is 5.56 Å². The Labute approximate surface area is 70.1 Å². The molecule has 11 heavy (non-hydrogen) atoms. The van der Waals surface area contributed by atoms with Gasteiger partial charge in [-0.3, -0.25) is 0 Å². The molecule has 0 aliphatic heterocycles. The molecule has 2 nitrogen and oxygen atoms in total. The van der Waals surface area contributed by atoms with Crippen LogP contribution in [0.15, 0.2) is 35.5 Å². The summed E-state index contributed by atoms with van der Waals surface area (Å²) < 4.78 is 0. The highest BCUT2D eigenvalue weighted by Crippen LogP contribution is 2.04. The van der Waals surface area contributed by atoms with Crippen molar-refractivity contribution in [2.24, 2.45) is 5.16 Å². The highest BCUT2D eigenvalue weighted by Gasteiger charge is 1.96. The quantitative estimate of drug-likeness (QED) is 0.410. The molecule has 0 amide bonds. The predicted molar refractivity (Wildman–Crippen MR) is 44.9 cm³/mol. The summed E-state index contributed by atoms with van der Waals surface area (Å²) in [6.07, 6.45) is 1.57. The lowest BCUT2D eigenvalue weighted by molar-refractivity contribution is 0.320. The summed E-state index contributed by atoms with van der Waals surface area (Å²) >= 11 is 5.44. The maximum absolute atomic E-state index is 8.22. The van der Waals surface area contributed by atoms with Crippen molar-refractivity contribution in [3.05, 3.63) is 42.3 Å². The van der Waals surface area contributed by atoms with Gasteiger partial charge in [-0.2, -0.15) is 0 Å². The number of oxime groups is 1. The lowest BCUT2D eigenvalue weighted by Gasteiger charge is -1.94. The molecule has 3 heteroatoms. The lowest BCUT2D eigenvalue weighted by atomic mass is 10.2. The molecule has 1 radical (unpaired) electrons. The van der Waals surface area contributed by atoms with Crippen molar-refractivity contribution < 1.29 is 5.21 Å². The molecule has 0 aliphatic rings. The molecule has 0 fully saturated rings. The summed E-state index contributed by atoms with van der Waals surface area (Å²) in [5, 5.41) is 11.1. The first-order valence-corrected chi connectivity index (χ1v) is 3.48. The van der Waals surface area contributed by atoms with Gasteiger partial charge >= 0.3 is 0 Å². The SMILES string of the molecule is ON=C(Cl)[CH]c1ccccc1. The van der Waals surface area contributed by atoms with E-state index in [4.69, 9.17) is 16.8 Å². The number of nitrogens with zero attached hydrogens (tertiary/aromatic N) is 1. The van der Waals surface area contributed by atoms with Crippen molar-refractivity contribution in [3.8, 4) is 0 Å². The summed E-state index contributed by atoms with van der Waals surface area (Å²) in [6.45, 7) is 0. The number of hydrogen-bond acceptors (Lipinski definition) is 2. The fourth-order valence-corrected chi connectivity index (χ4v) is 0.842. The minimum absolute atomic E-state index is 0.0798. The van der Waals surface area contributed by atoms with E-state index in [1.54, 1.807) is 6.42 Å². The van der Waals surface area contributed by atoms with E-state index < -0.39 is 0 Å². The van der Waals surface area contributed by atoms with Gasteiger partial charge in [-0.1, -0.05) is 47.1 Å². The van der Waals surface area contributed by atoms with E-state index >= 15 is 0 Å². The monoisotopic (exact) mass is 168 g/mol. The Hall–Kier alpha value is -1.02. The Morgan fingerprint density at radius 1 is 1.36 bits per heavy atom. The highest BCUT2D eigenvalue weighted by molar-refractivity contribution is 6.67. The van der Waals surface area contributed by atoms with Gasteiger partial charge in [-0.15, -0.1) is 0 Å². The zero-order valence-electron chi connectivity index (χ0n) is 5.74. The van der Waals surface area contributed by atoms with Crippen LogP contribution >= 0.6 is 11.6 Å². The third-order valence-electron chi connectivity index (χ3n) is 1.18. The highest BCUT2D eigenvalue weighted by atomic mass is 35.5.